The van der Waals surface area contributed by atoms with Crippen molar-refractivity contribution in [3.63, 3.8) is 0 Å². The first kappa shape index (κ1) is 11.8. The monoisotopic (exact) mass is 181 g/mol. The van der Waals surface area contributed by atoms with Gasteiger partial charge in [0.2, 0.25) is 0 Å². The lowest BCUT2D eigenvalue weighted by Crippen LogP contribution is -2.39. The minimum absolute atomic E-state index is 0.0951. The Morgan fingerprint density at radius 2 is 1.75 bits per heavy atom. The van der Waals surface area contributed by atoms with Gasteiger partial charge in [-0.2, -0.15) is 0 Å². The summed E-state index contributed by atoms with van der Waals surface area (Å²) in [5, 5.41) is 0. The fourth-order valence-electron chi connectivity index (χ4n) is 0.534. The van der Waals surface area contributed by atoms with Crippen LogP contribution in [0.2, 0.25) is 0 Å². The van der Waals surface area contributed by atoms with Gasteiger partial charge in [-0.3, -0.25) is 0 Å². The molecule has 0 spiro atoms. The van der Waals surface area contributed by atoms with Gasteiger partial charge in [-0.05, 0) is 5.41 Å². The highest BCUT2D eigenvalue weighted by atomic mass is 19.3. The van der Waals surface area contributed by atoms with Crippen molar-refractivity contribution < 1.29 is 13.5 Å². The highest BCUT2D eigenvalue weighted by Crippen LogP contribution is 2.17. The third-order valence-corrected chi connectivity index (χ3v) is 1.65. The fourth-order valence-corrected chi connectivity index (χ4v) is 0.534. The summed E-state index contributed by atoms with van der Waals surface area (Å²) in [7, 11) is 0. The number of rotatable bonds is 4. The van der Waals surface area contributed by atoms with Gasteiger partial charge in [-0.25, -0.2) is 8.78 Å². The number of halogens is 2. The number of ether oxygens (including phenoxy) is 1. The zero-order valence-corrected chi connectivity index (χ0v) is 7.81. The first-order valence-electron chi connectivity index (χ1n) is 3.95. The van der Waals surface area contributed by atoms with Gasteiger partial charge in [-0.1, -0.05) is 20.8 Å². The molecule has 0 aliphatic heterocycles. The molecule has 0 heterocycles. The Kier molecular flexibility index (Phi) is 4.63. The molecule has 12 heavy (non-hydrogen) atoms. The smallest absolute Gasteiger partial charge is 0.261 e. The van der Waals surface area contributed by atoms with Gasteiger partial charge in [0.15, 0.2) is 0 Å². The Morgan fingerprint density at radius 1 is 1.25 bits per heavy atom. The molecule has 0 fully saturated rings. The lowest BCUT2D eigenvalue weighted by atomic mass is 9.88. The van der Waals surface area contributed by atoms with Gasteiger partial charge in [-0.15, -0.1) is 0 Å². The Bertz CT molecular complexity index is 123. The van der Waals surface area contributed by atoms with Gasteiger partial charge in [0.1, 0.15) is 6.61 Å². The van der Waals surface area contributed by atoms with Gasteiger partial charge in [0.25, 0.3) is 6.43 Å². The molecule has 0 aromatic heterocycles. The lowest BCUT2D eigenvalue weighted by Gasteiger charge is -2.26. The average Bonchev–Trinajstić information content (AvgIpc) is 1.84. The summed E-state index contributed by atoms with van der Waals surface area (Å²) in [6.07, 6.45) is -2.41. The van der Waals surface area contributed by atoms with E-state index in [-0.39, 0.29) is 18.1 Å². The van der Waals surface area contributed by atoms with E-state index < -0.39 is 13.0 Å². The van der Waals surface area contributed by atoms with E-state index in [0.717, 1.165) is 0 Å². The van der Waals surface area contributed by atoms with Crippen molar-refractivity contribution >= 4 is 0 Å². The predicted molar refractivity (Wildman–Crippen MR) is 44.3 cm³/mol. The van der Waals surface area contributed by atoms with Crippen LogP contribution in [0.1, 0.15) is 20.8 Å². The minimum Gasteiger partial charge on any atom is -0.374 e. The summed E-state index contributed by atoms with van der Waals surface area (Å²) in [5.74, 6) is 0. The van der Waals surface area contributed by atoms with E-state index in [0.29, 0.717) is 0 Å². The molecule has 0 aliphatic rings. The lowest BCUT2D eigenvalue weighted by molar-refractivity contribution is 0.00279. The fraction of sp³-hybridized carbons (Fsp3) is 1.00. The van der Waals surface area contributed by atoms with Crippen molar-refractivity contribution in [1.82, 2.24) is 0 Å². The van der Waals surface area contributed by atoms with E-state index >= 15 is 0 Å². The molecule has 4 heteroatoms. The third-order valence-electron chi connectivity index (χ3n) is 1.65. The first-order valence-corrected chi connectivity index (χ1v) is 3.95. The third kappa shape index (κ3) is 5.43. The van der Waals surface area contributed by atoms with Crippen molar-refractivity contribution in [2.45, 2.75) is 33.2 Å². The van der Waals surface area contributed by atoms with E-state index in [1.807, 2.05) is 20.8 Å². The maximum absolute atomic E-state index is 11.6. The Hall–Kier alpha value is -0.220. The van der Waals surface area contributed by atoms with Crippen LogP contribution in [0.4, 0.5) is 8.78 Å². The van der Waals surface area contributed by atoms with Gasteiger partial charge < -0.3 is 10.5 Å². The molecular formula is C8H17F2NO. The normalized spacial score (nSPS) is 15.2. The molecular weight excluding hydrogens is 164 g/mol. The maximum Gasteiger partial charge on any atom is 0.261 e. The molecule has 0 amide bonds. The summed E-state index contributed by atoms with van der Waals surface area (Å²) >= 11 is 0. The quantitative estimate of drug-likeness (QED) is 0.715. The van der Waals surface area contributed by atoms with Gasteiger partial charge in [0, 0.05) is 6.04 Å². The SMILES string of the molecule is CC(C)(C)C(N)COCC(F)F. The molecule has 1 atom stereocenters. The summed E-state index contributed by atoms with van der Waals surface area (Å²) in [6.45, 7) is 5.51. The largest absolute Gasteiger partial charge is 0.374 e. The number of alkyl halides is 2. The van der Waals surface area contributed by atoms with E-state index in [9.17, 15) is 8.78 Å². The summed E-state index contributed by atoms with van der Waals surface area (Å²) in [4.78, 5) is 0. The van der Waals surface area contributed by atoms with E-state index in [2.05, 4.69) is 0 Å². The van der Waals surface area contributed by atoms with Crippen LogP contribution < -0.4 is 5.73 Å². The number of nitrogens with two attached hydrogens (primary N) is 1. The van der Waals surface area contributed by atoms with Crippen LogP contribution in [0, 0.1) is 5.41 Å². The molecule has 0 saturated heterocycles. The molecule has 1 unspecified atom stereocenters. The summed E-state index contributed by atoms with van der Waals surface area (Å²) in [6, 6.07) is -0.198. The molecule has 0 saturated carbocycles. The van der Waals surface area contributed by atoms with Crippen molar-refractivity contribution in [3.8, 4) is 0 Å². The molecule has 0 aromatic carbocycles. The zero-order chi connectivity index (χ0) is 9.78. The topological polar surface area (TPSA) is 35.2 Å². The first-order chi connectivity index (χ1) is 5.34. The standard InChI is InChI=1S/C8H17F2NO/c1-8(2,3)6(11)4-12-5-7(9)10/h6-7H,4-5,11H2,1-3H3. The van der Waals surface area contributed by atoms with Crippen molar-refractivity contribution in [3.05, 3.63) is 0 Å². The van der Waals surface area contributed by atoms with Crippen LogP contribution in [0.15, 0.2) is 0 Å². The molecule has 2 N–H and O–H groups in total. The summed E-state index contributed by atoms with van der Waals surface area (Å²) in [5.41, 5.74) is 5.57. The molecule has 0 aliphatic carbocycles. The molecule has 0 rings (SSSR count). The van der Waals surface area contributed by atoms with E-state index in [1.165, 1.54) is 0 Å². The van der Waals surface area contributed by atoms with Crippen molar-refractivity contribution in [2.24, 2.45) is 11.1 Å². The average molecular weight is 181 g/mol. The van der Waals surface area contributed by atoms with Crippen LogP contribution in [-0.4, -0.2) is 25.7 Å². The second kappa shape index (κ2) is 4.72. The van der Waals surface area contributed by atoms with E-state index in [1.54, 1.807) is 0 Å². The maximum atomic E-state index is 11.6. The van der Waals surface area contributed by atoms with Gasteiger partial charge >= 0.3 is 0 Å². The second-order valence-corrected chi connectivity index (χ2v) is 3.90. The van der Waals surface area contributed by atoms with Crippen LogP contribution in [-0.2, 0) is 4.74 Å². The van der Waals surface area contributed by atoms with Crippen LogP contribution in [0.25, 0.3) is 0 Å². The Labute approximate surface area is 72.1 Å². The zero-order valence-electron chi connectivity index (χ0n) is 7.81. The second-order valence-electron chi connectivity index (χ2n) is 3.90. The molecule has 0 radical (unpaired) electrons. The van der Waals surface area contributed by atoms with Crippen LogP contribution in [0.3, 0.4) is 0 Å². The van der Waals surface area contributed by atoms with Crippen LogP contribution in [0.5, 0.6) is 0 Å². The molecule has 74 valence electrons. The van der Waals surface area contributed by atoms with Gasteiger partial charge in [0.05, 0.1) is 6.61 Å². The number of hydrogen-bond acceptors (Lipinski definition) is 2. The van der Waals surface area contributed by atoms with Crippen molar-refractivity contribution in [2.75, 3.05) is 13.2 Å². The predicted octanol–water partition coefficient (Wildman–Crippen LogP) is 1.64. The Morgan fingerprint density at radius 3 is 2.08 bits per heavy atom. The molecule has 0 aromatic rings. The molecule has 2 nitrogen and oxygen atoms in total. The van der Waals surface area contributed by atoms with E-state index in [4.69, 9.17) is 10.5 Å². The number of hydrogen-bond donors (Lipinski definition) is 1. The highest BCUT2D eigenvalue weighted by Gasteiger charge is 2.20. The highest BCUT2D eigenvalue weighted by molar-refractivity contribution is 4.76. The Balaban J connectivity index is 3.51. The van der Waals surface area contributed by atoms with Crippen LogP contribution >= 0.6 is 0 Å². The minimum atomic E-state index is -2.41. The summed E-state index contributed by atoms with van der Waals surface area (Å²) < 4.78 is 27.9. The molecule has 0 bridgehead atoms. The van der Waals surface area contributed by atoms with Crippen molar-refractivity contribution in [1.29, 1.82) is 0 Å².